The summed E-state index contributed by atoms with van der Waals surface area (Å²) in [5.41, 5.74) is 4.74. The molecule has 0 radical (unpaired) electrons. The molecule has 1 fully saturated rings. The van der Waals surface area contributed by atoms with E-state index in [4.69, 9.17) is 4.74 Å². The van der Waals surface area contributed by atoms with Crippen molar-refractivity contribution in [2.45, 2.75) is 98.9 Å². The van der Waals surface area contributed by atoms with Gasteiger partial charge in [-0.05, 0) is 83.9 Å². The molecule has 0 saturated heterocycles. The van der Waals surface area contributed by atoms with Crippen molar-refractivity contribution in [3.8, 4) is 0 Å². The Kier molecular flexibility index (Phi) is 8.90. The van der Waals surface area contributed by atoms with E-state index in [1.54, 1.807) is 25.7 Å². The molecule has 1 aliphatic rings. The predicted octanol–water partition coefficient (Wildman–Crippen LogP) is 6.14. The molecule has 2 N–H and O–H groups in total. The van der Waals surface area contributed by atoms with E-state index in [1.165, 1.54) is 0 Å². The van der Waals surface area contributed by atoms with Crippen LogP contribution >= 0.6 is 0 Å². The predicted molar refractivity (Wildman–Crippen MR) is 151 cm³/mol. The number of nitrogens with zero attached hydrogens (tertiary/aromatic N) is 1. The Morgan fingerprint density at radius 3 is 1.97 bits per heavy atom. The van der Waals surface area contributed by atoms with Gasteiger partial charge < -0.3 is 20.3 Å². The fourth-order valence-corrected chi connectivity index (χ4v) is 4.79. The molecule has 2 aromatic carbocycles. The fourth-order valence-electron chi connectivity index (χ4n) is 4.79. The van der Waals surface area contributed by atoms with Crippen LogP contribution in [0.2, 0.25) is 0 Å². The third-order valence-corrected chi connectivity index (χ3v) is 6.62. The number of nitrogens with one attached hydrogen (secondary N) is 2. The second-order valence-electron chi connectivity index (χ2n) is 11.9. The van der Waals surface area contributed by atoms with Crippen molar-refractivity contribution in [2.75, 3.05) is 5.32 Å². The van der Waals surface area contributed by atoms with Crippen LogP contribution in [-0.2, 0) is 14.3 Å². The summed E-state index contributed by atoms with van der Waals surface area (Å²) in [4.78, 5) is 42.7. The molecule has 7 nitrogen and oxygen atoms in total. The zero-order valence-electron chi connectivity index (χ0n) is 24.3. The number of anilines is 1. The Morgan fingerprint density at radius 1 is 0.947 bits per heavy atom. The second-order valence-corrected chi connectivity index (χ2v) is 11.9. The van der Waals surface area contributed by atoms with Crippen molar-refractivity contribution in [3.63, 3.8) is 0 Å². The molecule has 7 heteroatoms. The monoisotopic (exact) mass is 521 g/mol. The van der Waals surface area contributed by atoms with Gasteiger partial charge in [-0.2, -0.15) is 0 Å². The summed E-state index contributed by atoms with van der Waals surface area (Å²) in [6.45, 7) is 17.0. The highest BCUT2D eigenvalue weighted by atomic mass is 16.6. The lowest BCUT2D eigenvalue weighted by Crippen LogP contribution is -2.55. The van der Waals surface area contributed by atoms with Crippen molar-refractivity contribution >= 4 is 23.6 Å². The number of carbonyl (C=O) groups is 3. The highest BCUT2D eigenvalue weighted by Gasteiger charge is 2.45. The van der Waals surface area contributed by atoms with Crippen LogP contribution < -0.4 is 10.6 Å². The number of hydrogen-bond donors (Lipinski definition) is 2. The number of amides is 3. The van der Waals surface area contributed by atoms with Crippen LogP contribution in [0.5, 0.6) is 0 Å². The molecular formula is C31H43N3O4. The van der Waals surface area contributed by atoms with Gasteiger partial charge in [0.05, 0.1) is 0 Å². The maximum absolute atomic E-state index is 14.2. The first-order chi connectivity index (χ1) is 17.7. The van der Waals surface area contributed by atoms with E-state index in [9.17, 15) is 14.4 Å². The summed E-state index contributed by atoms with van der Waals surface area (Å²) in [5.74, 6) is -0.764. The summed E-state index contributed by atoms with van der Waals surface area (Å²) in [6.07, 6.45) is 0.963. The summed E-state index contributed by atoms with van der Waals surface area (Å²) in [7, 11) is 0. The van der Waals surface area contributed by atoms with E-state index in [1.807, 2.05) is 77.9 Å². The van der Waals surface area contributed by atoms with Gasteiger partial charge in [0.2, 0.25) is 5.91 Å². The van der Waals surface area contributed by atoms with E-state index < -0.39 is 23.8 Å². The molecule has 2 aromatic rings. The normalized spacial score (nSPS) is 15.0. The first-order valence-electron chi connectivity index (χ1n) is 13.4. The molecule has 0 aliphatic heterocycles. The van der Waals surface area contributed by atoms with Gasteiger partial charge in [0, 0.05) is 11.7 Å². The Labute approximate surface area is 227 Å². The van der Waals surface area contributed by atoms with Gasteiger partial charge >= 0.3 is 6.09 Å². The number of carbonyl (C=O) groups excluding carboxylic acids is 3. The maximum atomic E-state index is 14.2. The van der Waals surface area contributed by atoms with Crippen LogP contribution in [0.3, 0.4) is 0 Å². The molecule has 1 aliphatic carbocycles. The Hall–Kier alpha value is -3.35. The molecule has 0 aromatic heterocycles. The van der Waals surface area contributed by atoms with Crippen LogP contribution in [0, 0.1) is 33.6 Å². The number of alkyl carbamates (subject to hydrolysis) is 1. The van der Waals surface area contributed by atoms with E-state index in [0.29, 0.717) is 0 Å². The number of aryl methyl sites for hydroxylation is 4. The SMILES string of the molecule is Cc1cc(C)cc(C(C(=O)Nc2c(C)cccc2C)N(C(=O)C(NC(=O)OC(C)(C)C)C(C)C)C2CC2)c1. The first-order valence-corrected chi connectivity index (χ1v) is 13.4. The number of rotatable bonds is 8. The molecule has 0 spiro atoms. The molecule has 206 valence electrons. The molecule has 0 bridgehead atoms. The highest BCUT2D eigenvalue weighted by molar-refractivity contribution is 6.00. The minimum atomic E-state index is -0.853. The van der Waals surface area contributed by atoms with Crippen LogP contribution in [0.25, 0.3) is 0 Å². The van der Waals surface area contributed by atoms with Gasteiger partial charge in [-0.3, -0.25) is 9.59 Å². The van der Waals surface area contributed by atoms with Crippen molar-refractivity contribution in [3.05, 3.63) is 64.2 Å². The van der Waals surface area contributed by atoms with Gasteiger partial charge in [-0.25, -0.2) is 4.79 Å². The number of ether oxygens (including phenoxy) is 1. The van der Waals surface area contributed by atoms with Crippen LogP contribution in [0.15, 0.2) is 36.4 Å². The van der Waals surface area contributed by atoms with Crippen LogP contribution in [0.1, 0.15) is 81.3 Å². The number of hydrogen-bond acceptors (Lipinski definition) is 4. The molecule has 0 heterocycles. The Balaban J connectivity index is 2.05. The smallest absolute Gasteiger partial charge is 0.408 e. The Morgan fingerprint density at radius 2 is 1.50 bits per heavy atom. The molecule has 3 amide bonds. The van der Waals surface area contributed by atoms with Crippen molar-refractivity contribution in [1.82, 2.24) is 10.2 Å². The van der Waals surface area contributed by atoms with Gasteiger partial charge in [0.25, 0.3) is 5.91 Å². The highest BCUT2D eigenvalue weighted by Crippen LogP contribution is 2.37. The number of para-hydroxylation sites is 1. The van der Waals surface area contributed by atoms with E-state index in [-0.39, 0.29) is 23.8 Å². The molecule has 38 heavy (non-hydrogen) atoms. The standard InChI is InChI=1S/C31H43N3O4/c1-18(2)25(33-30(37)38-31(7,8)9)29(36)34(24-13-14-24)27(23-16-19(3)15-20(4)17-23)28(35)32-26-21(5)11-10-12-22(26)6/h10-12,15-18,24-25,27H,13-14H2,1-9H3,(H,32,35)(H,33,37). The average molecular weight is 522 g/mol. The van der Waals surface area contributed by atoms with Gasteiger partial charge in [-0.15, -0.1) is 0 Å². The molecular weight excluding hydrogens is 478 g/mol. The second kappa shape index (κ2) is 11.6. The first kappa shape index (κ1) is 29.2. The van der Waals surface area contributed by atoms with Gasteiger partial charge in [0.15, 0.2) is 0 Å². The van der Waals surface area contributed by atoms with Gasteiger partial charge in [0.1, 0.15) is 17.7 Å². The summed E-state index contributed by atoms with van der Waals surface area (Å²) >= 11 is 0. The summed E-state index contributed by atoms with van der Waals surface area (Å²) < 4.78 is 5.45. The van der Waals surface area contributed by atoms with E-state index in [2.05, 4.69) is 10.6 Å². The third kappa shape index (κ3) is 7.36. The quantitative estimate of drug-likeness (QED) is 0.437. The lowest BCUT2D eigenvalue weighted by Gasteiger charge is -2.36. The molecule has 1 saturated carbocycles. The zero-order chi connectivity index (χ0) is 28.4. The zero-order valence-corrected chi connectivity index (χ0v) is 24.3. The third-order valence-electron chi connectivity index (χ3n) is 6.62. The Bertz CT molecular complexity index is 1150. The lowest BCUT2D eigenvalue weighted by atomic mass is 9.96. The fraction of sp³-hybridized carbons (Fsp3) is 0.516. The number of benzene rings is 2. The van der Waals surface area contributed by atoms with Crippen LogP contribution in [0.4, 0.5) is 10.5 Å². The molecule has 2 atom stereocenters. The summed E-state index contributed by atoms with van der Waals surface area (Å²) in [5, 5.41) is 5.92. The summed E-state index contributed by atoms with van der Waals surface area (Å²) in [6, 6.07) is 10.1. The van der Waals surface area contributed by atoms with Gasteiger partial charge in [-0.1, -0.05) is 61.4 Å². The lowest BCUT2D eigenvalue weighted by molar-refractivity contribution is -0.142. The average Bonchev–Trinajstić information content (AvgIpc) is 3.60. The van der Waals surface area contributed by atoms with Crippen molar-refractivity contribution < 1.29 is 19.1 Å². The maximum Gasteiger partial charge on any atom is 0.408 e. The molecule has 3 rings (SSSR count). The van der Waals surface area contributed by atoms with E-state index >= 15 is 0 Å². The van der Waals surface area contributed by atoms with Crippen molar-refractivity contribution in [1.29, 1.82) is 0 Å². The van der Waals surface area contributed by atoms with Crippen molar-refractivity contribution in [2.24, 2.45) is 5.92 Å². The van der Waals surface area contributed by atoms with Crippen LogP contribution in [-0.4, -0.2) is 40.5 Å². The minimum absolute atomic E-state index is 0.0845. The largest absolute Gasteiger partial charge is 0.444 e. The minimum Gasteiger partial charge on any atom is -0.444 e. The van der Waals surface area contributed by atoms with E-state index in [0.717, 1.165) is 46.3 Å². The topological polar surface area (TPSA) is 87.7 Å². The molecule has 2 unspecified atom stereocenters.